The summed E-state index contributed by atoms with van der Waals surface area (Å²) in [7, 11) is 0. The molecule has 0 bridgehead atoms. The van der Waals surface area contributed by atoms with Crippen LogP contribution in [0.25, 0.3) is 17.1 Å². The smallest absolute Gasteiger partial charge is 0.284 e. The number of rotatable bonds is 7. The van der Waals surface area contributed by atoms with E-state index in [9.17, 15) is 9.59 Å². The average molecular weight is 589 g/mol. The van der Waals surface area contributed by atoms with Gasteiger partial charge in [0.05, 0.1) is 22.3 Å². The maximum Gasteiger partial charge on any atom is 0.284 e. The van der Waals surface area contributed by atoms with Gasteiger partial charge in [0.2, 0.25) is 5.91 Å². The predicted molar refractivity (Wildman–Crippen MR) is 155 cm³/mol. The van der Waals surface area contributed by atoms with Gasteiger partial charge in [-0.2, -0.15) is 4.98 Å². The lowest BCUT2D eigenvalue weighted by Crippen LogP contribution is -2.46. The number of anilines is 1. The van der Waals surface area contributed by atoms with Crippen molar-refractivity contribution < 1.29 is 4.79 Å². The highest BCUT2D eigenvalue weighted by Crippen LogP contribution is 2.36. The van der Waals surface area contributed by atoms with E-state index in [0.29, 0.717) is 62.3 Å². The Hall–Kier alpha value is -2.95. The summed E-state index contributed by atoms with van der Waals surface area (Å²) in [5, 5.41) is 10.5. The van der Waals surface area contributed by atoms with Crippen LogP contribution < -0.4 is 16.2 Å². The standard InChI is InChI=1S/C27H28Cl3N7O2/c1-15(2)24-23-26(37(35-24)25-19(29)12-17(28)13-20(25)30)33-21(34-27(23)39)11-16-3-5-18(6-4-16)32-22(38)14-36-9-7-31-8-10-36/h3-6,12-13,15,31,35H,7-11,14H2,1-2H3,(H,32,38). The second kappa shape index (κ2) is 11.7. The van der Waals surface area contributed by atoms with Gasteiger partial charge in [0.15, 0.2) is 5.82 Å². The Balaban J connectivity index is 1.41. The fraction of sp³-hybridized carbons (Fsp3) is 0.333. The van der Waals surface area contributed by atoms with Gasteiger partial charge in [-0.25, -0.2) is 9.67 Å². The zero-order valence-electron chi connectivity index (χ0n) is 21.5. The van der Waals surface area contributed by atoms with Gasteiger partial charge in [0, 0.05) is 43.3 Å². The minimum Gasteiger partial charge on any atom is -0.325 e. The number of aromatic amines is 1. The Morgan fingerprint density at radius 3 is 2.36 bits per heavy atom. The van der Waals surface area contributed by atoms with Crippen molar-refractivity contribution in [2.45, 2.75) is 26.2 Å². The van der Waals surface area contributed by atoms with E-state index >= 15 is 0 Å². The highest BCUT2D eigenvalue weighted by Gasteiger charge is 2.27. The van der Waals surface area contributed by atoms with Crippen LogP contribution in [0.2, 0.25) is 15.1 Å². The number of halogens is 3. The molecule has 0 saturated carbocycles. The third kappa shape index (κ3) is 6.13. The second-order valence-corrected chi connectivity index (χ2v) is 11.1. The topological polar surface area (TPSA) is 108 Å². The predicted octanol–water partition coefficient (Wildman–Crippen LogP) is 4.58. The second-order valence-electron chi connectivity index (χ2n) is 9.83. The normalized spacial score (nSPS) is 14.3. The maximum absolute atomic E-state index is 13.2. The average Bonchev–Trinajstić information content (AvgIpc) is 3.25. The largest absolute Gasteiger partial charge is 0.325 e. The van der Waals surface area contributed by atoms with E-state index in [0.717, 1.165) is 31.7 Å². The molecule has 3 aliphatic rings. The van der Waals surface area contributed by atoms with Crippen LogP contribution in [0.4, 0.5) is 5.69 Å². The molecule has 1 amide bonds. The number of benzene rings is 2. The number of nitrogens with one attached hydrogen (secondary N) is 3. The molecule has 5 rings (SSSR count). The van der Waals surface area contributed by atoms with Gasteiger partial charge < -0.3 is 10.6 Å². The molecule has 0 unspecified atom stereocenters. The first-order valence-corrected chi connectivity index (χ1v) is 13.8. The molecular weight excluding hydrogens is 561 g/mol. The number of nitrogens with zero attached hydrogens (tertiary/aromatic N) is 4. The molecule has 3 aliphatic heterocycles. The van der Waals surface area contributed by atoms with E-state index < -0.39 is 0 Å². The molecule has 39 heavy (non-hydrogen) atoms. The molecule has 9 nitrogen and oxygen atoms in total. The molecular formula is C27H28Cl3N7O2. The minimum atomic E-state index is -0.383. The first kappa shape index (κ1) is 27.6. The highest BCUT2D eigenvalue weighted by molar-refractivity contribution is 6.40. The Morgan fingerprint density at radius 2 is 1.72 bits per heavy atom. The molecule has 0 atom stereocenters. The van der Waals surface area contributed by atoms with Crippen LogP contribution in [0.15, 0.2) is 41.2 Å². The van der Waals surface area contributed by atoms with E-state index in [1.807, 2.05) is 38.1 Å². The van der Waals surface area contributed by atoms with Crippen molar-refractivity contribution in [1.82, 2.24) is 30.0 Å². The molecule has 1 saturated heterocycles. The number of hydrogen-bond donors (Lipinski definition) is 3. The third-order valence-corrected chi connectivity index (χ3v) is 7.37. The van der Waals surface area contributed by atoms with Crippen LogP contribution in [0.3, 0.4) is 0 Å². The zero-order chi connectivity index (χ0) is 27.7. The van der Waals surface area contributed by atoms with Gasteiger partial charge in [-0.15, -0.1) is 0 Å². The summed E-state index contributed by atoms with van der Waals surface area (Å²) in [5.74, 6) is 0.686. The molecule has 1 fully saturated rings. The fourth-order valence-electron chi connectivity index (χ4n) is 4.67. The molecule has 0 aliphatic carbocycles. The van der Waals surface area contributed by atoms with Crippen LogP contribution in [-0.4, -0.2) is 63.3 Å². The summed E-state index contributed by atoms with van der Waals surface area (Å²) in [5.41, 5.74) is 2.73. The quantitative estimate of drug-likeness (QED) is 0.292. The van der Waals surface area contributed by atoms with Crippen molar-refractivity contribution in [2.24, 2.45) is 0 Å². The van der Waals surface area contributed by atoms with Crippen LogP contribution >= 0.6 is 34.8 Å². The van der Waals surface area contributed by atoms with Crippen LogP contribution in [0, 0.1) is 0 Å². The van der Waals surface area contributed by atoms with Crippen molar-refractivity contribution in [3.63, 3.8) is 0 Å². The van der Waals surface area contributed by atoms with Gasteiger partial charge in [-0.1, -0.05) is 60.8 Å². The van der Waals surface area contributed by atoms with E-state index in [2.05, 4.69) is 25.6 Å². The highest BCUT2D eigenvalue weighted by atomic mass is 35.5. The SMILES string of the molecule is CC(C)c1[nH]n(-c2c(Cl)cc(Cl)cc2Cl)c2nc(Cc3ccc(NC(=O)CN4CCNCC4)cc3)nc(=O)c1-2. The number of fused-ring (bicyclic) bond motifs is 1. The van der Waals surface area contributed by atoms with Gasteiger partial charge >= 0.3 is 0 Å². The lowest BCUT2D eigenvalue weighted by Gasteiger charge is -2.26. The number of hydrogen-bond acceptors (Lipinski definition) is 6. The summed E-state index contributed by atoms with van der Waals surface area (Å²) < 4.78 is 1.62. The van der Waals surface area contributed by atoms with Crippen molar-refractivity contribution in [1.29, 1.82) is 0 Å². The van der Waals surface area contributed by atoms with Crippen LogP contribution in [0.1, 0.15) is 36.8 Å². The van der Waals surface area contributed by atoms with Crippen molar-refractivity contribution in [3.05, 3.63) is 78.9 Å². The lowest BCUT2D eigenvalue weighted by molar-refractivity contribution is -0.117. The molecule has 3 N–H and O–H groups in total. The Labute approximate surface area is 240 Å². The number of piperazine rings is 1. The molecule has 2 aromatic carbocycles. The Kier molecular flexibility index (Phi) is 8.25. The molecule has 204 valence electrons. The van der Waals surface area contributed by atoms with E-state index in [4.69, 9.17) is 39.8 Å². The van der Waals surface area contributed by atoms with E-state index in [1.54, 1.807) is 16.8 Å². The number of amides is 1. The molecule has 2 aromatic rings. The Bertz CT molecular complexity index is 1500. The zero-order valence-corrected chi connectivity index (χ0v) is 23.8. The van der Waals surface area contributed by atoms with Gasteiger partial charge in [0.25, 0.3) is 5.56 Å². The van der Waals surface area contributed by atoms with Gasteiger partial charge in [-0.3, -0.25) is 19.6 Å². The summed E-state index contributed by atoms with van der Waals surface area (Å²) in [6.07, 6.45) is 0.324. The molecule has 0 spiro atoms. The molecule has 3 heterocycles. The van der Waals surface area contributed by atoms with E-state index in [1.165, 1.54) is 0 Å². The van der Waals surface area contributed by atoms with Gasteiger partial charge in [-0.05, 0) is 35.7 Å². The van der Waals surface area contributed by atoms with Gasteiger partial charge in [0.1, 0.15) is 17.1 Å². The van der Waals surface area contributed by atoms with Crippen molar-refractivity contribution >= 4 is 46.4 Å². The van der Waals surface area contributed by atoms with Crippen LogP contribution in [-0.2, 0) is 11.2 Å². The molecule has 0 radical (unpaired) electrons. The summed E-state index contributed by atoms with van der Waals surface area (Å²) in [4.78, 5) is 36.8. The minimum absolute atomic E-state index is 0.00455. The first-order valence-electron chi connectivity index (χ1n) is 12.7. The summed E-state index contributed by atoms with van der Waals surface area (Å²) in [6, 6.07) is 10.6. The summed E-state index contributed by atoms with van der Waals surface area (Å²) >= 11 is 19.1. The van der Waals surface area contributed by atoms with Crippen molar-refractivity contribution in [3.8, 4) is 17.1 Å². The molecule has 0 aromatic heterocycles. The van der Waals surface area contributed by atoms with Crippen LogP contribution in [0.5, 0.6) is 0 Å². The number of aromatic nitrogens is 4. The van der Waals surface area contributed by atoms with Crippen molar-refractivity contribution in [2.75, 3.05) is 38.0 Å². The van der Waals surface area contributed by atoms with E-state index in [-0.39, 0.29) is 17.4 Å². The third-order valence-electron chi connectivity index (χ3n) is 6.58. The summed E-state index contributed by atoms with van der Waals surface area (Å²) in [6.45, 7) is 7.80. The number of H-pyrrole nitrogens is 1. The monoisotopic (exact) mass is 587 g/mol. The number of carbonyl (C=O) groups excluding carboxylic acids is 1. The maximum atomic E-state index is 13.2. The first-order chi connectivity index (χ1) is 18.7. The molecule has 12 heteroatoms. The lowest BCUT2D eigenvalue weighted by atomic mass is 10.1. The Morgan fingerprint density at radius 1 is 1.05 bits per heavy atom. The fourth-order valence-corrected chi connectivity index (χ4v) is 5.65. The number of carbonyl (C=O) groups is 1.